The minimum Gasteiger partial charge on any atom is -0.379 e. The summed E-state index contributed by atoms with van der Waals surface area (Å²) in [7, 11) is 0. The Morgan fingerprint density at radius 3 is 2.44 bits per heavy atom. The molecule has 0 aromatic heterocycles. The lowest BCUT2D eigenvalue weighted by atomic mass is 10.1. The van der Waals surface area contributed by atoms with Gasteiger partial charge in [-0.15, -0.1) is 0 Å². The monoisotopic (exact) mass is 285 g/mol. The first-order valence-corrected chi connectivity index (χ1v) is 5.67. The van der Waals surface area contributed by atoms with Gasteiger partial charge in [-0.25, -0.2) is 8.78 Å². The van der Waals surface area contributed by atoms with Crippen LogP contribution in [0, 0.1) is 0 Å². The summed E-state index contributed by atoms with van der Waals surface area (Å²) in [5, 5.41) is 4.70. The highest BCUT2D eigenvalue weighted by atomic mass is 79.9. The highest BCUT2D eigenvalue weighted by molar-refractivity contribution is 9.10. The van der Waals surface area contributed by atoms with Crippen LogP contribution in [-0.4, -0.2) is 13.0 Å². The van der Waals surface area contributed by atoms with Crippen LogP contribution >= 0.6 is 15.9 Å². The molecule has 0 saturated heterocycles. The van der Waals surface area contributed by atoms with Gasteiger partial charge in [0.1, 0.15) is 0 Å². The molecule has 0 unspecified atom stereocenters. The van der Waals surface area contributed by atoms with E-state index in [0.29, 0.717) is 0 Å². The van der Waals surface area contributed by atoms with Gasteiger partial charge < -0.3 is 5.32 Å². The third-order valence-electron chi connectivity index (χ3n) is 2.32. The van der Waals surface area contributed by atoms with Crippen LogP contribution in [0.4, 0.5) is 14.5 Å². The van der Waals surface area contributed by atoms with Crippen LogP contribution in [0.25, 0.3) is 10.8 Å². The van der Waals surface area contributed by atoms with Crippen molar-refractivity contribution in [3.63, 3.8) is 0 Å². The Morgan fingerprint density at radius 2 is 1.75 bits per heavy atom. The van der Waals surface area contributed by atoms with Crippen molar-refractivity contribution < 1.29 is 8.78 Å². The molecule has 2 rings (SSSR count). The van der Waals surface area contributed by atoms with Gasteiger partial charge >= 0.3 is 0 Å². The molecule has 2 aromatic carbocycles. The predicted octanol–water partition coefficient (Wildman–Crippen LogP) is 4.28. The number of fused-ring (bicyclic) bond motifs is 1. The summed E-state index contributed by atoms with van der Waals surface area (Å²) < 4.78 is 25.2. The van der Waals surface area contributed by atoms with Gasteiger partial charge in [-0.3, -0.25) is 0 Å². The Bertz CT molecular complexity index is 499. The van der Waals surface area contributed by atoms with Crippen LogP contribution < -0.4 is 5.32 Å². The van der Waals surface area contributed by atoms with E-state index in [4.69, 9.17) is 0 Å². The molecule has 0 fully saturated rings. The lowest BCUT2D eigenvalue weighted by Crippen LogP contribution is -2.10. The maximum Gasteiger partial charge on any atom is 0.255 e. The van der Waals surface area contributed by atoms with Gasteiger partial charge in [0.15, 0.2) is 0 Å². The molecule has 84 valence electrons. The fourth-order valence-corrected chi connectivity index (χ4v) is 2.08. The quantitative estimate of drug-likeness (QED) is 0.888. The van der Waals surface area contributed by atoms with Crippen LogP contribution in [0.5, 0.6) is 0 Å². The summed E-state index contributed by atoms with van der Waals surface area (Å²) in [6.07, 6.45) is -2.34. The summed E-state index contributed by atoms with van der Waals surface area (Å²) in [5.74, 6) is 0. The Labute approximate surface area is 101 Å². The van der Waals surface area contributed by atoms with Crippen molar-refractivity contribution in [1.29, 1.82) is 0 Å². The van der Waals surface area contributed by atoms with Crippen molar-refractivity contribution in [2.24, 2.45) is 0 Å². The van der Waals surface area contributed by atoms with E-state index in [1.54, 1.807) is 6.07 Å². The standard InChI is InChI=1S/C12H10BrF2N/c13-10-5-6-11(16-7-12(14)15)9-4-2-1-3-8(9)10/h1-6,12,16H,7H2. The first-order chi connectivity index (χ1) is 7.68. The van der Waals surface area contributed by atoms with E-state index in [0.717, 1.165) is 20.9 Å². The van der Waals surface area contributed by atoms with E-state index in [1.807, 2.05) is 30.3 Å². The molecule has 0 radical (unpaired) electrons. The molecule has 0 amide bonds. The largest absolute Gasteiger partial charge is 0.379 e. The van der Waals surface area contributed by atoms with E-state index >= 15 is 0 Å². The molecule has 0 bridgehead atoms. The molecule has 0 heterocycles. The molecule has 0 aliphatic carbocycles. The molecule has 4 heteroatoms. The number of anilines is 1. The SMILES string of the molecule is FC(F)CNc1ccc(Br)c2ccccc12. The van der Waals surface area contributed by atoms with Crippen LogP contribution in [0.15, 0.2) is 40.9 Å². The van der Waals surface area contributed by atoms with Crippen LogP contribution in [0.1, 0.15) is 0 Å². The van der Waals surface area contributed by atoms with Gasteiger partial charge in [0.25, 0.3) is 6.43 Å². The van der Waals surface area contributed by atoms with Gasteiger partial charge in [0.05, 0.1) is 6.54 Å². The average Bonchev–Trinajstić information content (AvgIpc) is 2.28. The zero-order chi connectivity index (χ0) is 11.5. The Morgan fingerprint density at radius 1 is 1.06 bits per heavy atom. The molecule has 1 N–H and O–H groups in total. The summed E-state index contributed by atoms with van der Waals surface area (Å²) in [6.45, 7) is -0.328. The Kier molecular flexibility index (Phi) is 3.39. The van der Waals surface area contributed by atoms with E-state index in [2.05, 4.69) is 21.2 Å². The smallest absolute Gasteiger partial charge is 0.255 e. The molecular weight excluding hydrogens is 276 g/mol. The first-order valence-electron chi connectivity index (χ1n) is 4.88. The average molecular weight is 286 g/mol. The van der Waals surface area contributed by atoms with Crippen molar-refractivity contribution in [3.8, 4) is 0 Å². The second-order valence-corrected chi connectivity index (χ2v) is 4.27. The van der Waals surface area contributed by atoms with Gasteiger partial charge in [-0.05, 0) is 17.5 Å². The van der Waals surface area contributed by atoms with Crippen molar-refractivity contribution >= 4 is 32.4 Å². The molecule has 0 aliphatic rings. The lowest BCUT2D eigenvalue weighted by Gasteiger charge is -2.10. The van der Waals surface area contributed by atoms with Gasteiger partial charge in [-0.2, -0.15) is 0 Å². The minimum atomic E-state index is -2.34. The lowest BCUT2D eigenvalue weighted by molar-refractivity contribution is 0.163. The third-order valence-corrected chi connectivity index (χ3v) is 3.01. The minimum absolute atomic E-state index is 0.328. The van der Waals surface area contributed by atoms with E-state index in [-0.39, 0.29) is 6.54 Å². The van der Waals surface area contributed by atoms with Crippen molar-refractivity contribution in [2.45, 2.75) is 6.43 Å². The number of hydrogen-bond donors (Lipinski definition) is 1. The molecule has 1 nitrogen and oxygen atoms in total. The number of halogens is 3. The molecule has 0 aliphatic heterocycles. The predicted molar refractivity (Wildman–Crippen MR) is 66.1 cm³/mol. The van der Waals surface area contributed by atoms with Crippen molar-refractivity contribution in [1.82, 2.24) is 0 Å². The van der Waals surface area contributed by atoms with Crippen LogP contribution in [0.3, 0.4) is 0 Å². The van der Waals surface area contributed by atoms with Crippen molar-refractivity contribution in [3.05, 3.63) is 40.9 Å². The highest BCUT2D eigenvalue weighted by Gasteiger charge is 2.06. The normalized spacial score (nSPS) is 11.0. The van der Waals surface area contributed by atoms with Gasteiger partial charge in [-0.1, -0.05) is 40.2 Å². The summed E-state index contributed by atoms with van der Waals surface area (Å²) in [6, 6.07) is 11.3. The molecule has 0 saturated carbocycles. The summed E-state index contributed by atoms with van der Waals surface area (Å²) in [5.41, 5.74) is 0.735. The molecule has 16 heavy (non-hydrogen) atoms. The second-order valence-electron chi connectivity index (χ2n) is 3.41. The van der Waals surface area contributed by atoms with Gasteiger partial charge in [0, 0.05) is 15.5 Å². The highest BCUT2D eigenvalue weighted by Crippen LogP contribution is 2.29. The summed E-state index contributed by atoms with van der Waals surface area (Å²) >= 11 is 3.44. The Hall–Kier alpha value is -1.16. The van der Waals surface area contributed by atoms with Crippen LogP contribution in [0.2, 0.25) is 0 Å². The van der Waals surface area contributed by atoms with E-state index < -0.39 is 6.43 Å². The zero-order valence-electron chi connectivity index (χ0n) is 8.38. The number of rotatable bonds is 3. The molecule has 0 atom stereocenters. The number of hydrogen-bond acceptors (Lipinski definition) is 1. The second kappa shape index (κ2) is 4.78. The third kappa shape index (κ3) is 2.32. The Balaban J connectivity index is 2.42. The first kappa shape index (κ1) is 11.3. The fourth-order valence-electron chi connectivity index (χ4n) is 1.60. The van der Waals surface area contributed by atoms with E-state index in [1.165, 1.54) is 0 Å². The fraction of sp³-hybridized carbons (Fsp3) is 0.167. The number of nitrogens with one attached hydrogen (secondary N) is 1. The maximum absolute atomic E-state index is 12.1. The molecule has 0 spiro atoms. The zero-order valence-corrected chi connectivity index (χ0v) is 9.97. The molecular formula is C12H10BrF2N. The van der Waals surface area contributed by atoms with Crippen molar-refractivity contribution in [2.75, 3.05) is 11.9 Å². The topological polar surface area (TPSA) is 12.0 Å². The van der Waals surface area contributed by atoms with Gasteiger partial charge in [0.2, 0.25) is 0 Å². The number of alkyl halides is 2. The van der Waals surface area contributed by atoms with E-state index in [9.17, 15) is 8.78 Å². The maximum atomic E-state index is 12.1. The van der Waals surface area contributed by atoms with Crippen LogP contribution in [-0.2, 0) is 0 Å². The molecule has 2 aromatic rings. The summed E-state index contributed by atoms with van der Waals surface area (Å²) in [4.78, 5) is 0. The number of benzene rings is 2.